The molecule has 0 radical (unpaired) electrons. The van der Waals surface area contributed by atoms with Crippen molar-refractivity contribution in [2.75, 3.05) is 20.6 Å². The third-order valence-electron chi connectivity index (χ3n) is 3.61. The minimum absolute atomic E-state index is 0.227. The number of rotatable bonds is 9. The molecule has 1 aromatic rings. The van der Waals surface area contributed by atoms with E-state index in [1.165, 1.54) is 12.8 Å². The highest BCUT2D eigenvalue weighted by Gasteiger charge is 2.15. The number of allylic oxidation sites excluding steroid dienone is 1. The van der Waals surface area contributed by atoms with Crippen LogP contribution in [0, 0.1) is 5.92 Å². The quantitative estimate of drug-likeness (QED) is 0.302. The Kier molecular flexibility index (Phi) is 8.86. The number of oxime groups is 1. The van der Waals surface area contributed by atoms with Gasteiger partial charge < -0.3 is 10.1 Å². The van der Waals surface area contributed by atoms with Crippen molar-refractivity contribution < 1.29 is 5.21 Å². The molecule has 0 saturated heterocycles. The van der Waals surface area contributed by atoms with Gasteiger partial charge in [0.15, 0.2) is 0 Å². The highest BCUT2D eigenvalue weighted by molar-refractivity contribution is 6.32. The molecular weight excluding hydrogens is 296 g/mol. The molecule has 0 aromatic heterocycles. The lowest BCUT2D eigenvalue weighted by Gasteiger charge is -2.20. The molecule has 0 bridgehead atoms. The van der Waals surface area contributed by atoms with E-state index < -0.39 is 0 Å². The van der Waals surface area contributed by atoms with E-state index in [0.29, 0.717) is 10.7 Å². The molecule has 122 valence electrons. The predicted octanol–water partition coefficient (Wildman–Crippen LogP) is 4.94. The average molecular weight is 323 g/mol. The fraction of sp³-hybridized carbons (Fsp3) is 0.500. The topological polar surface area (TPSA) is 35.8 Å². The van der Waals surface area contributed by atoms with E-state index in [9.17, 15) is 5.21 Å². The molecule has 22 heavy (non-hydrogen) atoms. The first kappa shape index (κ1) is 18.7. The van der Waals surface area contributed by atoms with Crippen LogP contribution in [-0.4, -0.2) is 36.5 Å². The average Bonchev–Trinajstić information content (AvgIpc) is 2.49. The first-order valence-electron chi connectivity index (χ1n) is 7.87. The van der Waals surface area contributed by atoms with Gasteiger partial charge in [-0.15, -0.1) is 0 Å². The molecule has 3 nitrogen and oxygen atoms in total. The van der Waals surface area contributed by atoms with Crippen LogP contribution in [0.15, 0.2) is 35.5 Å². The van der Waals surface area contributed by atoms with Gasteiger partial charge in [-0.05, 0) is 38.2 Å². The first-order chi connectivity index (χ1) is 10.6. The second-order valence-electron chi connectivity index (χ2n) is 5.83. The summed E-state index contributed by atoms with van der Waals surface area (Å²) < 4.78 is 0. The van der Waals surface area contributed by atoms with Crippen LogP contribution >= 0.6 is 11.6 Å². The maximum absolute atomic E-state index is 9.40. The van der Waals surface area contributed by atoms with Gasteiger partial charge in [-0.1, -0.05) is 67.2 Å². The molecule has 0 aliphatic carbocycles. The summed E-state index contributed by atoms with van der Waals surface area (Å²) in [6.07, 6.45) is 8.36. The van der Waals surface area contributed by atoms with Gasteiger partial charge in [0.25, 0.3) is 0 Å². The van der Waals surface area contributed by atoms with Crippen molar-refractivity contribution in [1.29, 1.82) is 0 Å². The van der Waals surface area contributed by atoms with Crippen LogP contribution in [0.5, 0.6) is 0 Å². The Morgan fingerprint density at radius 2 is 2.05 bits per heavy atom. The highest BCUT2D eigenvalue weighted by atomic mass is 35.5. The molecule has 1 rings (SSSR count). The smallest absolute Gasteiger partial charge is 0.0839 e. The summed E-state index contributed by atoms with van der Waals surface area (Å²) in [5, 5.41) is 13.6. The predicted molar refractivity (Wildman–Crippen MR) is 95.9 cm³/mol. The number of nitrogens with zero attached hydrogens (tertiary/aromatic N) is 2. The molecule has 1 aromatic carbocycles. The molecule has 0 fully saturated rings. The van der Waals surface area contributed by atoms with Crippen LogP contribution in [0.2, 0.25) is 5.02 Å². The van der Waals surface area contributed by atoms with Crippen molar-refractivity contribution in [3.8, 4) is 0 Å². The van der Waals surface area contributed by atoms with E-state index in [1.54, 1.807) is 0 Å². The van der Waals surface area contributed by atoms with Crippen LogP contribution in [0.4, 0.5) is 0 Å². The van der Waals surface area contributed by atoms with Gasteiger partial charge in [0.1, 0.15) is 0 Å². The molecule has 1 atom stereocenters. The molecule has 0 unspecified atom stereocenters. The summed E-state index contributed by atoms with van der Waals surface area (Å²) in [6, 6.07) is 7.65. The number of unbranched alkanes of at least 4 members (excludes halogenated alkanes) is 2. The Labute approximate surface area is 139 Å². The Morgan fingerprint density at radius 1 is 1.32 bits per heavy atom. The van der Waals surface area contributed by atoms with E-state index >= 15 is 0 Å². The zero-order valence-corrected chi connectivity index (χ0v) is 14.6. The zero-order valence-electron chi connectivity index (χ0n) is 13.8. The Hall–Kier alpha value is -1.32. The van der Waals surface area contributed by atoms with Gasteiger partial charge in [-0.25, -0.2) is 0 Å². The summed E-state index contributed by atoms with van der Waals surface area (Å²) in [5.41, 5.74) is 1.65. The fourth-order valence-electron chi connectivity index (χ4n) is 2.45. The van der Waals surface area contributed by atoms with Crippen LogP contribution in [-0.2, 0) is 0 Å². The van der Waals surface area contributed by atoms with Gasteiger partial charge in [0.05, 0.1) is 5.71 Å². The van der Waals surface area contributed by atoms with Crippen LogP contribution < -0.4 is 0 Å². The summed E-state index contributed by atoms with van der Waals surface area (Å²) in [5.74, 6) is 0.227. The maximum Gasteiger partial charge on any atom is 0.0839 e. The highest BCUT2D eigenvalue weighted by Crippen LogP contribution is 2.19. The number of hydrogen-bond donors (Lipinski definition) is 1. The Bertz CT molecular complexity index is 498. The lowest BCUT2D eigenvalue weighted by atomic mass is 9.94. The second-order valence-corrected chi connectivity index (χ2v) is 6.24. The number of benzene rings is 1. The number of halogens is 1. The standard InChI is InChI=1S/C18H27ClN2O/c1-4-5-6-10-16(14-21(2)3)18(20-22)13-12-15-9-7-8-11-17(15)19/h7-9,11-13,16,22H,4-6,10,14H2,1-3H3/b13-12+,20-18-/t16-/m0/s1. The molecule has 0 aliphatic heterocycles. The van der Waals surface area contributed by atoms with Crippen molar-refractivity contribution in [3.63, 3.8) is 0 Å². The summed E-state index contributed by atoms with van der Waals surface area (Å²) in [4.78, 5) is 2.13. The largest absolute Gasteiger partial charge is 0.411 e. The van der Waals surface area contributed by atoms with E-state index in [2.05, 4.69) is 17.0 Å². The molecule has 0 amide bonds. The third kappa shape index (κ3) is 6.63. The van der Waals surface area contributed by atoms with E-state index in [-0.39, 0.29) is 5.92 Å². The molecule has 0 saturated carbocycles. The molecule has 0 spiro atoms. The summed E-state index contributed by atoms with van der Waals surface area (Å²) in [7, 11) is 4.08. The van der Waals surface area contributed by atoms with Gasteiger partial charge in [-0.2, -0.15) is 0 Å². The maximum atomic E-state index is 9.40. The minimum Gasteiger partial charge on any atom is -0.411 e. The van der Waals surface area contributed by atoms with Crippen LogP contribution in [0.3, 0.4) is 0 Å². The lowest BCUT2D eigenvalue weighted by Crippen LogP contribution is -2.27. The van der Waals surface area contributed by atoms with Gasteiger partial charge in [-0.3, -0.25) is 0 Å². The van der Waals surface area contributed by atoms with E-state index in [0.717, 1.165) is 24.9 Å². The molecule has 4 heteroatoms. The fourth-order valence-corrected chi connectivity index (χ4v) is 2.65. The van der Waals surface area contributed by atoms with Crippen molar-refractivity contribution in [2.24, 2.45) is 11.1 Å². The summed E-state index contributed by atoms with van der Waals surface area (Å²) >= 11 is 6.16. The minimum atomic E-state index is 0.227. The van der Waals surface area contributed by atoms with Gasteiger partial charge >= 0.3 is 0 Å². The van der Waals surface area contributed by atoms with E-state index in [1.807, 2.05) is 50.5 Å². The lowest BCUT2D eigenvalue weighted by molar-refractivity contribution is 0.305. The number of hydrogen-bond acceptors (Lipinski definition) is 3. The SMILES string of the molecule is CCCCC[C@@H](CN(C)C)C(/C=C/c1ccccc1Cl)=N\O. The van der Waals surface area contributed by atoms with Crippen LogP contribution in [0.1, 0.15) is 38.2 Å². The Balaban J connectivity index is 2.82. The molecular formula is C18H27ClN2O. The normalized spacial score (nSPS) is 14.0. The van der Waals surface area contributed by atoms with E-state index in [4.69, 9.17) is 11.6 Å². The third-order valence-corrected chi connectivity index (χ3v) is 3.96. The monoisotopic (exact) mass is 322 g/mol. The van der Waals surface area contributed by atoms with Gasteiger partial charge in [0, 0.05) is 17.5 Å². The summed E-state index contributed by atoms with van der Waals surface area (Å²) in [6.45, 7) is 3.06. The molecule has 0 heterocycles. The Morgan fingerprint density at radius 3 is 2.64 bits per heavy atom. The zero-order chi connectivity index (χ0) is 16.4. The van der Waals surface area contributed by atoms with Crippen molar-refractivity contribution in [3.05, 3.63) is 40.9 Å². The molecule has 0 aliphatic rings. The van der Waals surface area contributed by atoms with Gasteiger partial charge in [0.2, 0.25) is 0 Å². The van der Waals surface area contributed by atoms with Crippen LogP contribution in [0.25, 0.3) is 6.08 Å². The van der Waals surface area contributed by atoms with Crippen molar-refractivity contribution >= 4 is 23.4 Å². The van der Waals surface area contributed by atoms with Crippen molar-refractivity contribution in [1.82, 2.24) is 4.90 Å². The first-order valence-corrected chi connectivity index (χ1v) is 8.25. The second kappa shape index (κ2) is 10.4. The molecule has 1 N–H and O–H groups in total. The van der Waals surface area contributed by atoms with Crippen molar-refractivity contribution in [2.45, 2.75) is 32.6 Å².